The first-order chi connectivity index (χ1) is 9.10. The Balaban J connectivity index is 2.21. The largest absolute Gasteiger partial charge is 0.359 e. The van der Waals surface area contributed by atoms with Gasteiger partial charge in [-0.3, -0.25) is 4.79 Å². The summed E-state index contributed by atoms with van der Waals surface area (Å²) in [5.74, 6) is 1.18. The van der Waals surface area contributed by atoms with Crippen LogP contribution in [-0.2, 0) is 6.54 Å². The van der Waals surface area contributed by atoms with Crippen molar-refractivity contribution in [3.8, 4) is 0 Å². The van der Waals surface area contributed by atoms with Crippen LogP contribution in [0.3, 0.4) is 0 Å². The lowest BCUT2D eigenvalue weighted by Gasteiger charge is -2.39. The van der Waals surface area contributed by atoms with Gasteiger partial charge >= 0.3 is 0 Å². The Morgan fingerprint density at radius 1 is 1.53 bits per heavy atom. The number of aromatic nitrogens is 2. The van der Waals surface area contributed by atoms with E-state index < -0.39 is 0 Å². The molecule has 0 radical (unpaired) electrons. The van der Waals surface area contributed by atoms with Crippen LogP contribution < -0.4 is 16.6 Å². The molecule has 19 heavy (non-hydrogen) atoms. The molecular weight excluding hydrogens is 240 g/mol. The Labute approximate surface area is 114 Å². The van der Waals surface area contributed by atoms with E-state index in [2.05, 4.69) is 17.2 Å². The van der Waals surface area contributed by atoms with Crippen molar-refractivity contribution in [3.63, 3.8) is 0 Å². The molecule has 0 unspecified atom stereocenters. The topological polar surface area (TPSA) is 72.9 Å². The molecule has 106 valence electrons. The first-order valence-corrected chi connectivity index (χ1v) is 7.14. The van der Waals surface area contributed by atoms with Gasteiger partial charge in [0.25, 0.3) is 5.56 Å². The fourth-order valence-corrected chi connectivity index (χ4v) is 2.73. The number of rotatable bonds is 4. The molecule has 0 saturated heterocycles. The van der Waals surface area contributed by atoms with Crippen LogP contribution in [0.15, 0.2) is 17.2 Å². The smallest absolute Gasteiger partial charge is 0.293 e. The van der Waals surface area contributed by atoms with Gasteiger partial charge in [0.05, 0.1) is 5.54 Å². The van der Waals surface area contributed by atoms with Crippen molar-refractivity contribution in [1.82, 2.24) is 9.55 Å². The molecule has 1 aromatic heterocycles. The van der Waals surface area contributed by atoms with Crippen LogP contribution in [0.25, 0.3) is 0 Å². The van der Waals surface area contributed by atoms with Crippen LogP contribution in [0.2, 0.25) is 0 Å². The van der Waals surface area contributed by atoms with E-state index in [1.54, 1.807) is 17.0 Å². The first kappa shape index (κ1) is 14.1. The Hall–Kier alpha value is -1.36. The van der Waals surface area contributed by atoms with Crippen molar-refractivity contribution in [2.24, 2.45) is 11.7 Å². The van der Waals surface area contributed by atoms with Gasteiger partial charge in [-0.1, -0.05) is 6.92 Å². The number of anilines is 1. The first-order valence-electron chi connectivity index (χ1n) is 7.14. The maximum Gasteiger partial charge on any atom is 0.293 e. The van der Waals surface area contributed by atoms with Crippen molar-refractivity contribution < 1.29 is 0 Å². The van der Waals surface area contributed by atoms with Crippen LogP contribution in [0.1, 0.15) is 39.5 Å². The summed E-state index contributed by atoms with van der Waals surface area (Å²) in [5.41, 5.74) is 5.73. The molecule has 1 aromatic rings. The van der Waals surface area contributed by atoms with Crippen LogP contribution in [0, 0.1) is 5.92 Å². The highest BCUT2D eigenvalue weighted by Crippen LogP contribution is 2.33. The summed E-state index contributed by atoms with van der Waals surface area (Å²) < 4.78 is 1.66. The van der Waals surface area contributed by atoms with Gasteiger partial charge in [0, 0.05) is 25.5 Å². The Bertz CT molecular complexity index is 475. The zero-order valence-corrected chi connectivity index (χ0v) is 11.9. The third kappa shape index (κ3) is 2.97. The molecule has 2 rings (SSSR count). The molecule has 0 spiro atoms. The SMILES string of the molecule is CCn1ccnc(NC2(CN)CCC(C)CC2)c1=O. The third-order valence-corrected chi connectivity index (χ3v) is 4.26. The average molecular weight is 264 g/mol. The zero-order chi connectivity index (χ0) is 13.9. The van der Waals surface area contributed by atoms with E-state index in [4.69, 9.17) is 5.73 Å². The van der Waals surface area contributed by atoms with Crippen molar-refractivity contribution in [3.05, 3.63) is 22.7 Å². The molecule has 1 aliphatic carbocycles. The highest BCUT2D eigenvalue weighted by Gasteiger charge is 2.33. The third-order valence-electron chi connectivity index (χ3n) is 4.26. The second-order valence-corrected chi connectivity index (χ2v) is 5.66. The van der Waals surface area contributed by atoms with Gasteiger partial charge in [-0.05, 0) is 38.5 Å². The lowest BCUT2D eigenvalue weighted by Crippen LogP contribution is -2.49. The average Bonchev–Trinajstić information content (AvgIpc) is 2.44. The Morgan fingerprint density at radius 3 is 2.79 bits per heavy atom. The molecular formula is C14H24N4O. The van der Waals surface area contributed by atoms with E-state index in [1.165, 1.54) is 0 Å². The van der Waals surface area contributed by atoms with Crippen molar-refractivity contribution >= 4 is 5.82 Å². The highest BCUT2D eigenvalue weighted by atomic mass is 16.1. The molecule has 0 atom stereocenters. The minimum Gasteiger partial charge on any atom is -0.359 e. The quantitative estimate of drug-likeness (QED) is 0.866. The summed E-state index contributed by atoms with van der Waals surface area (Å²) in [6.45, 7) is 5.42. The van der Waals surface area contributed by atoms with E-state index >= 15 is 0 Å². The predicted octanol–water partition coefficient (Wildman–Crippen LogP) is 1.58. The minimum atomic E-state index is -0.161. The van der Waals surface area contributed by atoms with Gasteiger partial charge < -0.3 is 15.6 Å². The molecule has 0 aromatic carbocycles. The Morgan fingerprint density at radius 2 is 2.21 bits per heavy atom. The number of nitrogens with zero attached hydrogens (tertiary/aromatic N) is 2. The van der Waals surface area contributed by atoms with Gasteiger partial charge in [-0.15, -0.1) is 0 Å². The molecule has 0 bridgehead atoms. The van der Waals surface area contributed by atoms with Gasteiger partial charge in [0.15, 0.2) is 5.82 Å². The van der Waals surface area contributed by atoms with Crippen molar-refractivity contribution in [2.75, 3.05) is 11.9 Å². The van der Waals surface area contributed by atoms with E-state index in [0.717, 1.165) is 31.6 Å². The molecule has 0 amide bonds. The van der Waals surface area contributed by atoms with Crippen molar-refractivity contribution in [1.29, 1.82) is 0 Å². The summed E-state index contributed by atoms with van der Waals surface area (Å²) in [6, 6.07) is 0. The van der Waals surface area contributed by atoms with Gasteiger partial charge in [-0.2, -0.15) is 0 Å². The molecule has 1 fully saturated rings. The molecule has 1 heterocycles. The Kier molecular flexibility index (Phi) is 4.24. The number of nitrogens with two attached hydrogens (primary N) is 1. The second kappa shape index (κ2) is 5.74. The highest BCUT2D eigenvalue weighted by molar-refractivity contribution is 5.35. The van der Waals surface area contributed by atoms with Gasteiger partial charge in [0.1, 0.15) is 0 Å². The van der Waals surface area contributed by atoms with E-state index in [1.807, 2.05) is 6.92 Å². The van der Waals surface area contributed by atoms with E-state index in [-0.39, 0.29) is 11.1 Å². The molecule has 5 nitrogen and oxygen atoms in total. The number of nitrogens with one attached hydrogen (secondary N) is 1. The standard InChI is InChI=1S/C14H24N4O/c1-3-18-9-8-16-12(13(18)19)17-14(10-15)6-4-11(2)5-7-14/h8-9,11H,3-7,10,15H2,1-2H3,(H,16,17). The monoisotopic (exact) mass is 264 g/mol. The van der Waals surface area contributed by atoms with Crippen LogP contribution >= 0.6 is 0 Å². The fraction of sp³-hybridized carbons (Fsp3) is 0.714. The predicted molar refractivity (Wildman–Crippen MR) is 77.2 cm³/mol. The summed E-state index contributed by atoms with van der Waals surface area (Å²) in [6.07, 6.45) is 7.70. The number of hydrogen-bond acceptors (Lipinski definition) is 4. The number of aryl methyl sites for hydroxylation is 1. The van der Waals surface area contributed by atoms with Crippen molar-refractivity contribution in [2.45, 2.75) is 51.6 Å². The molecule has 3 N–H and O–H groups in total. The summed E-state index contributed by atoms with van der Waals surface area (Å²) in [4.78, 5) is 16.4. The lowest BCUT2D eigenvalue weighted by atomic mass is 9.77. The molecule has 5 heteroatoms. The summed E-state index contributed by atoms with van der Waals surface area (Å²) in [7, 11) is 0. The van der Waals surface area contributed by atoms with Crippen LogP contribution in [-0.4, -0.2) is 21.6 Å². The van der Waals surface area contributed by atoms with E-state index in [9.17, 15) is 4.79 Å². The maximum atomic E-state index is 12.2. The number of hydrogen-bond donors (Lipinski definition) is 2. The normalized spacial score (nSPS) is 27.2. The van der Waals surface area contributed by atoms with Gasteiger partial charge in [0.2, 0.25) is 0 Å². The zero-order valence-electron chi connectivity index (χ0n) is 11.9. The molecule has 1 saturated carbocycles. The second-order valence-electron chi connectivity index (χ2n) is 5.66. The van der Waals surface area contributed by atoms with E-state index in [0.29, 0.717) is 18.9 Å². The minimum absolute atomic E-state index is 0.0588. The van der Waals surface area contributed by atoms with Crippen LogP contribution in [0.4, 0.5) is 5.82 Å². The molecule has 1 aliphatic rings. The lowest BCUT2D eigenvalue weighted by molar-refractivity contribution is 0.271. The maximum absolute atomic E-state index is 12.2. The fourth-order valence-electron chi connectivity index (χ4n) is 2.73. The summed E-state index contributed by atoms with van der Waals surface area (Å²) >= 11 is 0. The molecule has 0 aliphatic heterocycles. The summed E-state index contributed by atoms with van der Waals surface area (Å²) in [5, 5.41) is 3.34. The van der Waals surface area contributed by atoms with Crippen LogP contribution in [0.5, 0.6) is 0 Å². The van der Waals surface area contributed by atoms with Gasteiger partial charge in [-0.25, -0.2) is 4.98 Å².